The lowest BCUT2D eigenvalue weighted by atomic mass is 10.1. The van der Waals surface area contributed by atoms with Crippen molar-refractivity contribution in [2.45, 2.75) is 6.92 Å². The number of nitrogens with one attached hydrogen (secondary N) is 1. The number of ether oxygens (including phenoxy) is 2. The van der Waals surface area contributed by atoms with Crippen LogP contribution in [0.5, 0.6) is 11.5 Å². The van der Waals surface area contributed by atoms with E-state index in [0.29, 0.717) is 27.0 Å². The van der Waals surface area contributed by atoms with Gasteiger partial charge in [0.2, 0.25) is 0 Å². The van der Waals surface area contributed by atoms with Gasteiger partial charge in [-0.25, -0.2) is 0 Å². The van der Waals surface area contributed by atoms with Gasteiger partial charge in [0.05, 0.1) is 10.0 Å². The molecule has 0 saturated heterocycles. The fraction of sp³-hybridized carbons (Fsp3) is 0.120. The molecule has 5 nitrogen and oxygen atoms in total. The Morgan fingerprint density at radius 2 is 1.76 bits per heavy atom. The Hall–Kier alpha value is -3.17. The fourth-order valence-corrected chi connectivity index (χ4v) is 3.68. The maximum Gasteiger partial charge on any atom is 0.266 e. The molecule has 0 radical (unpaired) electrons. The van der Waals surface area contributed by atoms with Crippen molar-refractivity contribution in [1.29, 1.82) is 5.26 Å². The summed E-state index contributed by atoms with van der Waals surface area (Å²) in [6.07, 6.45) is 1.38. The molecular weight excluding hydrogens is 483 g/mol. The van der Waals surface area contributed by atoms with E-state index in [0.717, 1.165) is 5.56 Å². The number of amides is 1. The molecular formula is C25H19Cl3N2O3. The Morgan fingerprint density at radius 3 is 2.48 bits per heavy atom. The average Bonchev–Trinajstić information content (AvgIpc) is 2.77. The molecule has 8 heteroatoms. The number of nitrogens with zero attached hydrogens (tertiary/aromatic N) is 1. The maximum absolute atomic E-state index is 12.6. The molecule has 0 atom stereocenters. The van der Waals surface area contributed by atoms with Gasteiger partial charge in [-0.05, 0) is 55.0 Å². The SMILES string of the molecule is Cc1cccc(NC(=O)/C(C#N)=C/c2cc(Cl)cc(Cl)c2OCCOc2ccccc2Cl)c1. The number of anilines is 1. The van der Waals surface area contributed by atoms with Crippen molar-refractivity contribution in [2.24, 2.45) is 0 Å². The lowest BCUT2D eigenvalue weighted by Crippen LogP contribution is -2.14. The highest BCUT2D eigenvalue weighted by atomic mass is 35.5. The molecule has 3 aromatic carbocycles. The van der Waals surface area contributed by atoms with Crippen molar-refractivity contribution in [2.75, 3.05) is 18.5 Å². The van der Waals surface area contributed by atoms with Crippen molar-refractivity contribution >= 4 is 52.5 Å². The van der Waals surface area contributed by atoms with Crippen molar-refractivity contribution in [3.8, 4) is 17.6 Å². The van der Waals surface area contributed by atoms with Gasteiger partial charge in [-0.3, -0.25) is 4.79 Å². The van der Waals surface area contributed by atoms with E-state index in [9.17, 15) is 10.1 Å². The summed E-state index contributed by atoms with van der Waals surface area (Å²) in [5, 5.41) is 13.3. The molecule has 1 amide bonds. The normalized spacial score (nSPS) is 10.9. The van der Waals surface area contributed by atoms with Crippen LogP contribution in [-0.2, 0) is 4.79 Å². The van der Waals surface area contributed by atoms with Crippen LogP contribution in [0.25, 0.3) is 6.08 Å². The summed E-state index contributed by atoms with van der Waals surface area (Å²) in [5.74, 6) is 0.247. The van der Waals surface area contributed by atoms with E-state index in [2.05, 4.69) is 5.32 Å². The number of carbonyl (C=O) groups excluding carboxylic acids is 1. The molecule has 0 aliphatic rings. The number of rotatable bonds is 8. The van der Waals surface area contributed by atoms with Crippen LogP contribution in [0.2, 0.25) is 15.1 Å². The first-order valence-electron chi connectivity index (χ1n) is 9.86. The lowest BCUT2D eigenvalue weighted by molar-refractivity contribution is -0.112. The van der Waals surface area contributed by atoms with Gasteiger partial charge < -0.3 is 14.8 Å². The van der Waals surface area contributed by atoms with Crippen LogP contribution in [0.15, 0.2) is 66.2 Å². The summed E-state index contributed by atoms with van der Waals surface area (Å²) in [6, 6.07) is 19.3. The standard InChI is InChI=1S/C25H19Cl3N2O3/c1-16-5-4-6-20(11-16)30-25(31)18(15-29)12-17-13-19(26)14-22(28)24(17)33-10-9-32-23-8-3-2-7-21(23)27/h2-8,11-14H,9-10H2,1H3,(H,30,31)/b18-12+. The molecule has 3 rings (SSSR count). The molecule has 0 spiro atoms. The number of nitriles is 1. The van der Waals surface area contributed by atoms with E-state index in [1.165, 1.54) is 12.1 Å². The topological polar surface area (TPSA) is 71.4 Å². The summed E-state index contributed by atoms with van der Waals surface area (Å²) in [6.45, 7) is 2.25. The molecule has 0 bridgehead atoms. The quantitative estimate of drug-likeness (QED) is 0.206. The minimum Gasteiger partial charge on any atom is -0.488 e. The molecule has 33 heavy (non-hydrogen) atoms. The van der Waals surface area contributed by atoms with Crippen LogP contribution in [-0.4, -0.2) is 19.1 Å². The van der Waals surface area contributed by atoms with Gasteiger partial charge in [0.15, 0.2) is 0 Å². The highest BCUT2D eigenvalue weighted by molar-refractivity contribution is 6.36. The molecule has 0 aromatic heterocycles. The molecule has 1 N–H and O–H groups in total. The maximum atomic E-state index is 12.6. The fourth-order valence-electron chi connectivity index (χ4n) is 2.92. The van der Waals surface area contributed by atoms with Crippen LogP contribution in [0, 0.1) is 18.3 Å². The number of benzene rings is 3. The summed E-state index contributed by atoms with van der Waals surface area (Å²) < 4.78 is 11.4. The van der Waals surface area contributed by atoms with Crippen LogP contribution in [0.1, 0.15) is 11.1 Å². The van der Waals surface area contributed by atoms with Gasteiger partial charge in [-0.15, -0.1) is 0 Å². The lowest BCUT2D eigenvalue weighted by Gasteiger charge is -2.13. The Kier molecular flexibility index (Phi) is 8.62. The molecule has 0 fully saturated rings. The highest BCUT2D eigenvalue weighted by Crippen LogP contribution is 2.34. The summed E-state index contributed by atoms with van der Waals surface area (Å²) in [7, 11) is 0. The third kappa shape index (κ3) is 6.90. The van der Waals surface area contributed by atoms with Gasteiger partial charge in [0.25, 0.3) is 5.91 Å². The number of hydrogen-bond acceptors (Lipinski definition) is 4. The van der Waals surface area contributed by atoms with Gasteiger partial charge >= 0.3 is 0 Å². The summed E-state index contributed by atoms with van der Waals surface area (Å²) in [5.41, 5.74) is 1.82. The van der Waals surface area contributed by atoms with Crippen molar-refractivity contribution < 1.29 is 14.3 Å². The Morgan fingerprint density at radius 1 is 1.00 bits per heavy atom. The second-order valence-electron chi connectivity index (χ2n) is 6.93. The Bertz CT molecular complexity index is 1240. The third-order valence-corrected chi connectivity index (χ3v) is 5.21. The largest absolute Gasteiger partial charge is 0.488 e. The molecule has 0 unspecified atom stereocenters. The number of aryl methyl sites for hydroxylation is 1. The zero-order chi connectivity index (χ0) is 23.8. The molecule has 0 heterocycles. The van der Waals surface area contributed by atoms with Crippen LogP contribution in [0.3, 0.4) is 0 Å². The van der Waals surface area contributed by atoms with Crippen LogP contribution < -0.4 is 14.8 Å². The summed E-state index contributed by atoms with van der Waals surface area (Å²) in [4.78, 5) is 12.6. The van der Waals surface area contributed by atoms with Crippen molar-refractivity contribution in [3.05, 3.63) is 92.4 Å². The van der Waals surface area contributed by atoms with Crippen LogP contribution in [0.4, 0.5) is 5.69 Å². The van der Waals surface area contributed by atoms with E-state index in [1.807, 2.05) is 31.2 Å². The summed E-state index contributed by atoms with van der Waals surface area (Å²) >= 11 is 18.5. The number of halogens is 3. The van der Waals surface area contributed by atoms with Crippen LogP contribution >= 0.6 is 34.8 Å². The minimum atomic E-state index is -0.563. The zero-order valence-electron chi connectivity index (χ0n) is 17.6. The molecule has 3 aromatic rings. The predicted octanol–water partition coefficient (Wildman–Crippen LogP) is 6.96. The Balaban J connectivity index is 1.76. The first-order chi connectivity index (χ1) is 15.9. The third-order valence-electron chi connectivity index (χ3n) is 4.40. The number of hydrogen-bond donors (Lipinski definition) is 1. The minimum absolute atomic E-state index is 0.132. The van der Waals surface area contributed by atoms with E-state index < -0.39 is 5.91 Å². The monoisotopic (exact) mass is 500 g/mol. The number of para-hydroxylation sites is 1. The first-order valence-corrected chi connectivity index (χ1v) is 11.0. The smallest absolute Gasteiger partial charge is 0.266 e. The van der Waals surface area contributed by atoms with E-state index in [4.69, 9.17) is 44.3 Å². The number of carbonyl (C=O) groups is 1. The van der Waals surface area contributed by atoms with Crippen molar-refractivity contribution in [1.82, 2.24) is 0 Å². The molecule has 0 saturated carbocycles. The predicted molar refractivity (Wildman–Crippen MR) is 132 cm³/mol. The second-order valence-corrected chi connectivity index (χ2v) is 8.18. The van der Waals surface area contributed by atoms with Gasteiger partial charge in [0, 0.05) is 16.3 Å². The van der Waals surface area contributed by atoms with Gasteiger partial charge in [-0.1, -0.05) is 59.1 Å². The van der Waals surface area contributed by atoms with E-state index >= 15 is 0 Å². The average molecular weight is 502 g/mol. The van der Waals surface area contributed by atoms with Crippen molar-refractivity contribution in [3.63, 3.8) is 0 Å². The molecule has 0 aliphatic carbocycles. The molecule has 0 aliphatic heterocycles. The zero-order valence-corrected chi connectivity index (χ0v) is 19.8. The van der Waals surface area contributed by atoms with E-state index in [-0.39, 0.29) is 29.6 Å². The van der Waals surface area contributed by atoms with Gasteiger partial charge in [-0.2, -0.15) is 5.26 Å². The molecule has 168 valence electrons. The Labute approximate surface area is 207 Å². The van der Waals surface area contributed by atoms with E-state index in [1.54, 1.807) is 36.4 Å². The van der Waals surface area contributed by atoms with Gasteiger partial charge in [0.1, 0.15) is 36.4 Å². The first kappa shape index (κ1) is 24.5. The second kappa shape index (κ2) is 11.6. The highest BCUT2D eigenvalue weighted by Gasteiger charge is 2.15.